The number of hydrogen-bond acceptors (Lipinski definition) is 5. The van der Waals surface area contributed by atoms with Crippen LogP contribution < -0.4 is 5.43 Å². The van der Waals surface area contributed by atoms with E-state index in [1.807, 2.05) is 30.3 Å². The van der Waals surface area contributed by atoms with Crippen LogP contribution in [0.15, 0.2) is 92.4 Å². The minimum atomic E-state index is -0.400. The number of carbonyl (C=O) groups is 1. The van der Waals surface area contributed by atoms with Gasteiger partial charge in [-0.1, -0.05) is 47.7 Å². The van der Waals surface area contributed by atoms with Gasteiger partial charge in [0.15, 0.2) is 5.76 Å². The molecule has 0 bridgehead atoms. The highest BCUT2D eigenvalue weighted by atomic mass is 32.2. The summed E-state index contributed by atoms with van der Waals surface area (Å²) in [5, 5.41) is 5.91. The van der Waals surface area contributed by atoms with Crippen molar-refractivity contribution in [3.05, 3.63) is 89.9 Å². The van der Waals surface area contributed by atoms with Crippen LogP contribution in [-0.2, 0) is 0 Å². The number of furan rings is 1. The second kappa shape index (κ2) is 8.10. The zero-order valence-corrected chi connectivity index (χ0v) is 15.9. The quantitative estimate of drug-likeness (QED) is 0.384. The highest BCUT2D eigenvalue weighted by Gasteiger charge is 2.09. The number of rotatable bonds is 5. The highest BCUT2D eigenvalue weighted by molar-refractivity contribution is 7.99. The Kier molecular flexibility index (Phi) is 5.21. The molecule has 0 aliphatic rings. The van der Waals surface area contributed by atoms with Gasteiger partial charge in [0, 0.05) is 15.8 Å². The zero-order chi connectivity index (χ0) is 19.3. The Bertz CT molecular complexity index is 1140. The number of hydrazone groups is 1. The Balaban J connectivity index is 1.63. The van der Waals surface area contributed by atoms with E-state index in [1.54, 1.807) is 30.1 Å². The molecule has 28 heavy (non-hydrogen) atoms. The Hall–Kier alpha value is -3.38. The molecule has 1 amide bonds. The van der Waals surface area contributed by atoms with Crippen LogP contribution in [0, 0.1) is 6.92 Å². The number of amides is 1. The summed E-state index contributed by atoms with van der Waals surface area (Å²) >= 11 is 1.56. The van der Waals surface area contributed by atoms with E-state index in [1.165, 1.54) is 11.8 Å². The summed E-state index contributed by atoms with van der Waals surface area (Å²) in [6.45, 7) is 2.06. The lowest BCUT2D eigenvalue weighted by molar-refractivity contribution is 0.0927. The van der Waals surface area contributed by atoms with Gasteiger partial charge in [0.25, 0.3) is 0 Å². The second-order valence-corrected chi connectivity index (χ2v) is 7.23. The summed E-state index contributed by atoms with van der Waals surface area (Å²) in [4.78, 5) is 17.8. The van der Waals surface area contributed by atoms with E-state index in [0.717, 1.165) is 26.4 Å². The summed E-state index contributed by atoms with van der Waals surface area (Å²) in [5.41, 5.74) is 5.42. The number of carbonyl (C=O) groups excluding carboxylic acids is 1. The molecule has 6 heteroatoms. The Morgan fingerprint density at radius 1 is 1.11 bits per heavy atom. The number of hydrogen-bond donors (Lipinski definition) is 1. The molecule has 5 nitrogen and oxygen atoms in total. The molecule has 0 aliphatic heterocycles. The fourth-order valence-electron chi connectivity index (χ4n) is 2.63. The minimum Gasteiger partial charge on any atom is -0.459 e. The van der Waals surface area contributed by atoms with Gasteiger partial charge in [0.2, 0.25) is 0 Å². The van der Waals surface area contributed by atoms with Crippen LogP contribution in [-0.4, -0.2) is 17.1 Å². The van der Waals surface area contributed by atoms with E-state index in [2.05, 4.69) is 41.7 Å². The highest BCUT2D eigenvalue weighted by Crippen LogP contribution is 2.30. The maximum Gasteiger partial charge on any atom is 0.307 e. The number of para-hydroxylation sites is 1. The number of aromatic nitrogens is 1. The first-order valence-corrected chi connectivity index (χ1v) is 9.52. The van der Waals surface area contributed by atoms with Crippen molar-refractivity contribution >= 4 is 34.8 Å². The SMILES string of the molecule is Cc1ccc(Sc2nc3ccccc3cc2/C=N\NC(=O)c2ccco2)cc1. The van der Waals surface area contributed by atoms with Crippen LogP contribution in [0.1, 0.15) is 21.7 Å². The number of pyridine rings is 1. The first-order chi connectivity index (χ1) is 13.7. The average molecular weight is 387 g/mol. The van der Waals surface area contributed by atoms with E-state index in [4.69, 9.17) is 9.40 Å². The maximum atomic E-state index is 12.0. The van der Waals surface area contributed by atoms with Gasteiger partial charge < -0.3 is 4.42 Å². The molecule has 1 N–H and O–H groups in total. The molecule has 0 unspecified atom stereocenters. The Labute approximate surface area is 166 Å². The molecule has 2 aromatic heterocycles. The number of benzene rings is 2. The van der Waals surface area contributed by atoms with Crippen molar-refractivity contribution in [2.24, 2.45) is 5.10 Å². The molecule has 0 atom stereocenters. The normalized spacial score (nSPS) is 11.2. The molecule has 0 aliphatic carbocycles. The van der Waals surface area contributed by atoms with Crippen LogP contribution in [0.5, 0.6) is 0 Å². The van der Waals surface area contributed by atoms with Crippen molar-refractivity contribution in [2.75, 3.05) is 0 Å². The van der Waals surface area contributed by atoms with Gasteiger partial charge in [-0.2, -0.15) is 5.10 Å². The van der Waals surface area contributed by atoms with Crippen molar-refractivity contribution < 1.29 is 9.21 Å². The van der Waals surface area contributed by atoms with Crippen LogP contribution in [0.3, 0.4) is 0 Å². The summed E-state index contributed by atoms with van der Waals surface area (Å²) in [6.07, 6.45) is 3.05. The van der Waals surface area contributed by atoms with Crippen LogP contribution in [0.4, 0.5) is 0 Å². The second-order valence-electron chi connectivity index (χ2n) is 6.17. The van der Waals surface area contributed by atoms with E-state index in [0.29, 0.717) is 0 Å². The van der Waals surface area contributed by atoms with Crippen molar-refractivity contribution in [3.63, 3.8) is 0 Å². The summed E-state index contributed by atoms with van der Waals surface area (Å²) < 4.78 is 5.07. The number of nitrogens with zero attached hydrogens (tertiary/aromatic N) is 2. The van der Waals surface area contributed by atoms with Gasteiger partial charge in [0.1, 0.15) is 5.03 Å². The molecular weight excluding hydrogens is 370 g/mol. The van der Waals surface area contributed by atoms with Crippen molar-refractivity contribution in [1.29, 1.82) is 0 Å². The predicted octanol–water partition coefficient (Wildman–Crippen LogP) is 5.05. The average Bonchev–Trinajstić information content (AvgIpc) is 3.25. The van der Waals surface area contributed by atoms with Gasteiger partial charge in [-0.15, -0.1) is 0 Å². The molecule has 0 saturated heterocycles. The fraction of sp³-hybridized carbons (Fsp3) is 0.0455. The van der Waals surface area contributed by atoms with Gasteiger partial charge in [-0.05, 0) is 43.3 Å². The Morgan fingerprint density at radius 2 is 1.93 bits per heavy atom. The lowest BCUT2D eigenvalue weighted by Crippen LogP contribution is -2.16. The van der Waals surface area contributed by atoms with Gasteiger partial charge >= 0.3 is 5.91 Å². The molecule has 2 heterocycles. The maximum absolute atomic E-state index is 12.0. The van der Waals surface area contributed by atoms with Crippen LogP contribution in [0.2, 0.25) is 0 Å². The smallest absolute Gasteiger partial charge is 0.307 e. The van der Waals surface area contributed by atoms with Gasteiger partial charge in [0.05, 0.1) is 18.0 Å². The van der Waals surface area contributed by atoms with E-state index in [9.17, 15) is 4.79 Å². The van der Waals surface area contributed by atoms with E-state index in [-0.39, 0.29) is 5.76 Å². The molecule has 0 fully saturated rings. The van der Waals surface area contributed by atoms with Crippen LogP contribution >= 0.6 is 11.8 Å². The van der Waals surface area contributed by atoms with E-state index < -0.39 is 5.91 Å². The molecular formula is C22H17N3O2S. The minimum absolute atomic E-state index is 0.211. The Morgan fingerprint density at radius 3 is 2.71 bits per heavy atom. The molecule has 4 rings (SSSR count). The zero-order valence-electron chi connectivity index (χ0n) is 15.1. The summed E-state index contributed by atoms with van der Waals surface area (Å²) in [6, 6.07) is 21.4. The monoisotopic (exact) mass is 387 g/mol. The topological polar surface area (TPSA) is 67.5 Å². The van der Waals surface area contributed by atoms with Crippen LogP contribution in [0.25, 0.3) is 10.9 Å². The van der Waals surface area contributed by atoms with Gasteiger partial charge in [-0.3, -0.25) is 4.79 Å². The van der Waals surface area contributed by atoms with Crippen molar-refractivity contribution in [2.45, 2.75) is 16.8 Å². The molecule has 2 aromatic carbocycles. The molecule has 0 saturated carbocycles. The van der Waals surface area contributed by atoms with E-state index >= 15 is 0 Å². The first kappa shape index (κ1) is 18.0. The number of fused-ring (bicyclic) bond motifs is 1. The summed E-state index contributed by atoms with van der Waals surface area (Å²) in [7, 11) is 0. The summed E-state index contributed by atoms with van der Waals surface area (Å²) in [5.74, 6) is -0.189. The lowest BCUT2D eigenvalue weighted by atomic mass is 10.2. The number of nitrogens with one attached hydrogen (secondary N) is 1. The molecule has 138 valence electrons. The first-order valence-electron chi connectivity index (χ1n) is 8.70. The lowest BCUT2D eigenvalue weighted by Gasteiger charge is -2.08. The number of aryl methyl sites for hydroxylation is 1. The fourth-order valence-corrected chi connectivity index (χ4v) is 3.50. The third-order valence-corrected chi connectivity index (χ3v) is 5.10. The standard InChI is InChI=1S/C22H17N3O2S/c1-15-8-10-18(11-9-15)28-22-17(13-16-5-2-3-6-19(16)24-22)14-23-25-21(26)20-7-4-12-27-20/h2-14H,1H3,(H,25,26)/b23-14-. The largest absolute Gasteiger partial charge is 0.459 e. The van der Waals surface area contributed by atoms with Crippen molar-refractivity contribution in [1.82, 2.24) is 10.4 Å². The third kappa shape index (κ3) is 4.13. The molecule has 0 radical (unpaired) electrons. The van der Waals surface area contributed by atoms with Gasteiger partial charge in [-0.25, -0.2) is 10.4 Å². The third-order valence-electron chi connectivity index (χ3n) is 4.07. The predicted molar refractivity (Wildman–Crippen MR) is 111 cm³/mol. The molecule has 4 aromatic rings. The molecule has 0 spiro atoms. The van der Waals surface area contributed by atoms with Crippen molar-refractivity contribution in [3.8, 4) is 0 Å².